The topological polar surface area (TPSA) is 137 Å². The number of rotatable bonds is 8. The van der Waals surface area contributed by atoms with Gasteiger partial charge in [0, 0.05) is 6.54 Å². The third-order valence-corrected chi connectivity index (χ3v) is 7.09. The van der Waals surface area contributed by atoms with E-state index in [2.05, 4.69) is 25.1 Å². The molecule has 4 N–H and O–H groups in total. The highest BCUT2D eigenvalue weighted by atomic mass is 31.0. The van der Waals surface area contributed by atoms with E-state index >= 15 is 0 Å². The molecule has 1 saturated heterocycles. The number of nitrogens with zero attached hydrogens (tertiary/aromatic N) is 1. The maximum absolute atomic E-state index is 13.7. The Morgan fingerprint density at radius 1 is 1.08 bits per heavy atom. The second-order valence-electron chi connectivity index (χ2n) is 12.4. The van der Waals surface area contributed by atoms with Crippen LogP contribution >= 0.6 is 9.39 Å². The molecule has 6 atom stereocenters. The van der Waals surface area contributed by atoms with E-state index in [0.29, 0.717) is 25.3 Å². The first-order chi connectivity index (χ1) is 16.5. The molecule has 206 valence electrons. The van der Waals surface area contributed by atoms with E-state index in [0.717, 1.165) is 19.3 Å². The number of amides is 4. The minimum Gasteiger partial charge on any atom is -0.444 e. The Morgan fingerprint density at radius 2 is 1.69 bits per heavy atom. The van der Waals surface area contributed by atoms with E-state index in [9.17, 15) is 24.3 Å². The number of carbonyl (C=O) groups is 4. The molecular formula is C25H45N4O6P. The van der Waals surface area contributed by atoms with Gasteiger partial charge in [-0.2, -0.15) is 0 Å². The Labute approximate surface area is 217 Å². The zero-order valence-corrected chi connectivity index (χ0v) is 23.9. The van der Waals surface area contributed by atoms with Crippen molar-refractivity contribution in [3.63, 3.8) is 0 Å². The summed E-state index contributed by atoms with van der Waals surface area (Å²) >= 11 is 0. The van der Waals surface area contributed by atoms with Crippen molar-refractivity contribution in [3.8, 4) is 0 Å². The number of carbonyl (C=O) groups excluding carboxylic acids is 4. The van der Waals surface area contributed by atoms with Crippen LogP contribution in [0.1, 0.15) is 80.6 Å². The molecule has 0 spiro atoms. The zero-order valence-electron chi connectivity index (χ0n) is 22.7. The molecule has 2 fully saturated rings. The highest BCUT2D eigenvalue weighted by Crippen LogP contribution is 2.32. The molecule has 0 radical (unpaired) electrons. The van der Waals surface area contributed by atoms with E-state index < -0.39 is 53.2 Å². The number of hydrogen-bond donors (Lipinski definition) is 4. The fourth-order valence-electron chi connectivity index (χ4n) is 4.68. The fourth-order valence-corrected chi connectivity index (χ4v) is 4.85. The van der Waals surface area contributed by atoms with Crippen molar-refractivity contribution in [1.82, 2.24) is 20.6 Å². The van der Waals surface area contributed by atoms with Gasteiger partial charge in [-0.1, -0.05) is 47.0 Å². The van der Waals surface area contributed by atoms with Crippen LogP contribution in [0.5, 0.6) is 0 Å². The number of nitrogens with one attached hydrogen (secondary N) is 3. The quantitative estimate of drug-likeness (QED) is 0.356. The number of aliphatic hydroxyl groups is 1. The van der Waals surface area contributed by atoms with E-state index in [4.69, 9.17) is 4.74 Å². The molecule has 1 saturated carbocycles. The third-order valence-electron chi connectivity index (χ3n) is 6.80. The van der Waals surface area contributed by atoms with Crippen molar-refractivity contribution in [2.24, 2.45) is 17.3 Å². The summed E-state index contributed by atoms with van der Waals surface area (Å²) < 4.78 is 5.37. The van der Waals surface area contributed by atoms with Crippen LogP contribution < -0.4 is 15.7 Å². The lowest BCUT2D eigenvalue weighted by Crippen LogP contribution is -2.59. The van der Waals surface area contributed by atoms with Crippen LogP contribution in [0, 0.1) is 17.3 Å². The van der Waals surface area contributed by atoms with Crippen molar-refractivity contribution in [2.45, 2.75) is 110 Å². The van der Waals surface area contributed by atoms with Gasteiger partial charge in [0.15, 0.2) is 6.10 Å². The predicted octanol–water partition coefficient (Wildman–Crippen LogP) is 2.10. The van der Waals surface area contributed by atoms with Crippen LogP contribution in [0.25, 0.3) is 0 Å². The minimum absolute atomic E-state index is 0.0668. The summed E-state index contributed by atoms with van der Waals surface area (Å²) in [5.41, 5.74) is -1.36. The van der Waals surface area contributed by atoms with Crippen LogP contribution in [0.15, 0.2) is 0 Å². The highest BCUT2D eigenvalue weighted by Gasteiger charge is 2.45. The summed E-state index contributed by atoms with van der Waals surface area (Å²) in [6, 6.07) is -2.44. The molecule has 2 aliphatic rings. The molecular weight excluding hydrogens is 483 g/mol. The van der Waals surface area contributed by atoms with Gasteiger partial charge < -0.3 is 30.5 Å². The highest BCUT2D eigenvalue weighted by molar-refractivity contribution is 7.15. The SMILES string of the molecule is C[C@@H]1C[C@@H](C(=O)NC(CC2CCC2)C(O)C(=O)NP)N(C(=O)[C@@H](NC(=O)OC(C)(C)C)C(C)(C)C)C1. The number of aliphatic hydroxyl groups excluding tert-OH is 1. The maximum atomic E-state index is 13.7. The molecule has 1 heterocycles. The summed E-state index contributed by atoms with van der Waals surface area (Å²) in [5, 5.41) is 18.5. The van der Waals surface area contributed by atoms with Gasteiger partial charge in [-0.25, -0.2) is 4.79 Å². The van der Waals surface area contributed by atoms with Crippen molar-refractivity contribution in [3.05, 3.63) is 0 Å². The lowest BCUT2D eigenvalue weighted by Gasteiger charge is -2.36. The Morgan fingerprint density at radius 3 is 2.17 bits per heavy atom. The Kier molecular flexibility index (Phi) is 10.2. The van der Waals surface area contributed by atoms with Gasteiger partial charge in [0.05, 0.1) is 6.04 Å². The van der Waals surface area contributed by atoms with E-state index in [1.807, 2.05) is 27.7 Å². The van der Waals surface area contributed by atoms with Crippen LogP contribution in [0.2, 0.25) is 0 Å². The Bertz CT molecular complexity index is 820. The Hall–Kier alpha value is -1.93. The molecule has 1 aliphatic carbocycles. The molecule has 4 amide bonds. The smallest absolute Gasteiger partial charge is 0.408 e. The summed E-state index contributed by atoms with van der Waals surface area (Å²) in [7, 11) is 2.07. The van der Waals surface area contributed by atoms with Crippen molar-refractivity contribution in [2.75, 3.05) is 6.54 Å². The van der Waals surface area contributed by atoms with Crippen LogP contribution in [-0.4, -0.2) is 70.2 Å². The zero-order chi connectivity index (χ0) is 27.4. The van der Waals surface area contributed by atoms with E-state index in [-0.39, 0.29) is 11.8 Å². The van der Waals surface area contributed by atoms with E-state index in [1.54, 1.807) is 20.8 Å². The normalized spacial score (nSPS) is 23.2. The molecule has 0 aromatic carbocycles. The average Bonchev–Trinajstić information content (AvgIpc) is 3.11. The maximum Gasteiger partial charge on any atom is 0.408 e. The molecule has 10 nitrogen and oxygen atoms in total. The third kappa shape index (κ3) is 8.30. The molecule has 0 aromatic heterocycles. The monoisotopic (exact) mass is 528 g/mol. The van der Waals surface area contributed by atoms with Crippen molar-refractivity contribution < 1.29 is 29.0 Å². The first-order valence-corrected chi connectivity index (χ1v) is 13.4. The standard InChI is InChI=1S/C25H45N4O6P/c1-14-11-17(20(31)26-16(12-15-9-8-10-15)18(30)21(32)28-36)29(13-14)22(33)19(24(2,3)4)27-23(34)35-25(5,6)7/h14-19,30H,8-13,36H2,1-7H3,(H,26,31)(H,27,34)(H,28,32)/t14-,16?,17+,18?,19-/m1/s1. The number of likely N-dealkylation sites (tertiary alicyclic amines) is 1. The van der Waals surface area contributed by atoms with Crippen LogP contribution in [0.4, 0.5) is 4.79 Å². The predicted molar refractivity (Wildman–Crippen MR) is 140 cm³/mol. The molecule has 3 unspecified atom stereocenters. The lowest BCUT2D eigenvalue weighted by molar-refractivity contribution is -0.143. The van der Waals surface area contributed by atoms with Gasteiger partial charge in [-0.15, -0.1) is 0 Å². The first-order valence-electron chi connectivity index (χ1n) is 12.8. The molecule has 11 heteroatoms. The van der Waals surface area contributed by atoms with E-state index in [1.165, 1.54) is 4.90 Å². The Balaban J connectivity index is 2.21. The lowest BCUT2D eigenvalue weighted by atomic mass is 9.79. The van der Waals surface area contributed by atoms with Crippen LogP contribution in [-0.2, 0) is 19.1 Å². The van der Waals surface area contributed by atoms with Gasteiger partial charge in [0.1, 0.15) is 17.7 Å². The molecule has 2 rings (SSSR count). The van der Waals surface area contributed by atoms with Gasteiger partial charge >= 0.3 is 6.09 Å². The van der Waals surface area contributed by atoms with Crippen molar-refractivity contribution in [1.29, 1.82) is 0 Å². The molecule has 0 aromatic rings. The van der Waals surface area contributed by atoms with Gasteiger partial charge in [-0.05, 0) is 60.3 Å². The summed E-state index contributed by atoms with van der Waals surface area (Å²) in [4.78, 5) is 53.3. The molecule has 36 heavy (non-hydrogen) atoms. The van der Waals surface area contributed by atoms with Gasteiger partial charge in [0.2, 0.25) is 11.8 Å². The molecule has 1 aliphatic heterocycles. The number of ether oxygens (including phenoxy) is 1. The largest absolute Gasteiger partial charge is 0.444 e. The number of alkyl carbamates (subject to hydrolysis) is 1. The number of hydrogen-bond acceptors (Lipinski definition) is 6. The average molecular weight is 529 g/mol. The van der Waals surface area contributed by atoms with Crippen molar-refractivity contribution >= 4 is 33.2 Å². The fraction of sp³-hybridized carbons (Fsp3) is 0.840. The first kappa shape index (κ1) is 30.3. The summed E-state index contributed by atoms with van der Waals surface area (Å²) in [6.45, 7) is 13.1. The van der Waals surface area contributed by atoms with Crippen LogP contribution in [0.3, 0.4) is 0 Å². The van der Waals surface area contributed by atoms with Gasteiger partial charge in [0.25, 0.3) is 5.91 Å². The second-order valence-corrected chi connectivity index (χ2v) is 12.7. The minimum atomic E-state index is -1.40. The second kappa shape index (κ2) is 12.1. The summed E-state index contributed by atoms with van der Waals surface area (Å²) in [6.07, 6.45) is 1.93. The molecule has 0 bridgehead atoms. The summed E-state index contributed by atoms with van der Waals surface area (Å²) in [5.74, 6) is -0.955. The van der Waals surface area contributed by atoms with Gasteiger partial charge in [-0.3, -0.25) is 14.4 Å².